The van der Waals surface area contributed by atoms with Gasteiger partial charge in [0.25, 0.3) is 0 Å². The third-order valence-corrected chi connectivity index (χ3v) is 3.82. The molecule has 110 valence electrons. The Balaban J connectivity index is 2.24. The lowest BCUT2D eigenvalue weighted by Gasteiger charge is -2.27. The molecule has 2 rings (SSSR count). The molecule has 0 aromatic carbocycles. The molecule has 0 unspecified atom stereocenters. The number of nitro groups is 1. The predicted octanol–water partition coefficient (Wildman–Crippen LogP) is 2.73. The summed E-state index contributed by atoms with van der Waals surface area (Å²) in [6.07, 6.45) is 4.34. The molecule has 20 heavy (non-hydrogen) atoms. The molecule has 1 heterocycles. The Morgan fingerprint density at radius 2 is 1.90 bits per heavy atom. The zero-order valence-corrected chi connectivity index (χ0v) is 12.1. The van der Waals surface area contributed by atoms with Gasteiger partial charge in [0, 0.05) is 13.1 Å². The van der Waals surface area contributed by atoms with Crippen molar-refractivity contribution in [1.29, 1.82) is 0 Å². The molecule has 1 aromatic rings. The molecule has 0 amide bonds. The average molecular weight is 279 g/mol. The zero-order chi connectivity index (χ0) is 14.7. The molecule has 0 atom stereocenters. The molecule has 0 radical (unpaired) electrons. The van der Waals surface area contributed by atoms with Gasteiger partial charge in [0.15, 0.2) is 0 Å². The Morgan fingerprint density at radius 1 is 1.25 bits per heavy atom. The van der Waals surface area contributed by atoms with Gasteiger partial charge in [0.1, 0.15) is 5.69 Å². The zero-order valence-electron chi connectivity index (χ0n) is 12.1. The van der Waals surface area contributed by atoms with Gasteiger partial charge in [-0.2, -0.15) is 4.98 Å². The van der Waals surface area contributed by atoms with Crippen LogP contribution in [0.5, 0.6) is 0 Å². The van der Waals surface area contributed by atoms with E-state index in [-0.39, 0.29) is 11.7 Å². The molecule has 0 aliphatic heterocycles. The maximum Gasteiger partial charge on any atom is 0.332 e. The van der Waals surface area contributed by atoms with Crippen LogP contribution in [0.4, 0.5) is 17.5 Å². The van der Waals surface area contributed by atoms with Gasteiger partial charge < -0.3 is 10.6 Å². The van der Waals surface area contributed by atoms with Gasteiger partial charge in [-0.25, -0.2) is 4.98 Å². The second kappa shape index (κ2) is 6.02. The highest BCUT2D eigenvalue weighted by molar-refractivity contribution is 5.61. The van der Waals surface area contributed by atoms with Crippen molar-refractivity contribution in [2.75, 3.05) is 17.7 Å². The van der Waals surface area contributed by atoms with Crippen LogP contribution in [-0.4, -0.2) is 28.0 Å². The molecule has 7 nitrogen and oxygen atoms in total. The second-order valence-corrected chi connectivity index (χ2v) is 5.44. The number of aryl methyl sites for hydroxylation is 1. The summed E-state index contributed by atoms with van der Waals surface area (Å²) < 4.78 is 0. The summed E-state index contributed by atoms with van der Waals surface area (Å²) in [6, 6.07) is 0.254. The summed E-state index contributed by atoms with van der Waals surface area (Å²) in [5.74, 6) is 1.47. The van der Waals surface area contributed by atoms with Crippen LogP contribution in [0.1, 0.15) is 38.3 Å². The smallest absolute Gasteiger partial charge is 0.332 e. The molecule has 1 fully saturated rings. The summed E-state index contributed by atoms with van der Waals surface area (Å²) >= 11 is 0. The number of aromatic nitrogens is 2. The van der Waals surface area contributed by atoms with E-state index < -0.39 is 4.92 Å². The summed E-state index contributed by atoms with van der Waals surface area (Å²) in [5, 5.41) is 17.3. The second-order valence-electron chi connectivity index (χ2n) is 5.44. The van der Waals surface area contributed by atoms with Crippen LogP contribution in [-0.2, 0) is 0 Å². The Kier molecular flexibility index (Phi) is 4.36. The van der Waals surface area contributed by atoms with Crippen molar-refractivity contribution in [3.63, 3.8) is 0 Å². The molecule has 7 heteroatoms. The molecule has 1 saturated carbocycles. The maximum absolute atomic E-state index is 11.2. The minimum Gasteiger partial charge on any atom is -0.361 e. The Labute approximate surface area is 118 Å². The van der Waals surface area contributed by atoms with Crippen molar-refractivity contribution in [3.8, 4) is 0 Å². The van der Waals surface area contributed by atoms with Crippen LogP contribution >= 0.6 is 0 Å². The Hall–Kier alpha value is -1.92. The van der Waals surface area contributed by atoms with Crippen molar-refractivity contribution in [3.05, 3.63) is 15.8 Å². The van der Waals surface area contributed by atoms with E-state index in [0.717, 1.165) is 31.6 Å². The van der Waals surface area contributed by atoms with Gasteiger partial charge in [-0.05, 0) is 38.5 Å². The monoisotopic (exact) mass is 279 g/mol. The van der Waals surface area contributed by atoms with Gasteiger partial charge in [-0.3, -0.25) is 10.1 Å². The molecule has 1 aliphatic rings. The van der Waals surface area contributed by atoms with Gasteiger partial charge in [0.05, 0.1) is 4.92 Å². The van der Waals surface area contributed by atoms with Crippen LogP contribution in [0.3, 0.4) is 0 Å². The van der Waals surface area contributed by atoms with Crippen LogP contribution in [0.2, 0.25) is 0 Å². The largest absolute Gasteiger partial charge is 0.361 e. The molecule has 1 aliphatic carbocycles. The van der Waals surface area contributed by atoms with Crippen LogP contribution < -0.4 is 10.6 Å². The quantitative estimate of drug-likeness (QED) is 0.650. The molecule has 1 aromatic heterocycles. The number of hydrogen-bond acceptors (Lipinski definition) is 6. The van der Waals surface area contributed by atoms with Crippen LogP contribution in [0, 0.1) is 23.0 Å². The highest BCUT2D eigenvalue weighted by Gasteiger charge is 2.25. The highest BCUT2D eigenvalue weighted by atomic mass is 16.6. The van der Waals surface area contributed by atoms with Crippen molar-refractivity contribution < 1.29 is 4.92 Å². The fourth-order valence-electron chi connectivity index (χ4n) is 2.60. The number of anilines is 2. The van der Waals surface area contributed by atoms with E-state index in [0.29, 0.717) is 17.5 Å². The normalized spacial score (nSPS) is 22.4. The van der Waals surface area contributed by atoms with Crippen LogP contribution in [0.15, 0.2) is 0 Å². The molecule has 0 spiro atoms. The molecular formula is C13H21N5O2. The molecule has 2 N–H and O–H groups in total. The fraction of sp³-hybridized carbons (Fsp3) is 0.692. The van der Waals surface area contributed by atoms with Crippen molar-refractivity contribution >= 4 is 17.5 Å². The summed E-state index contributed by atoms with van der Waals surface area (Å²) in [4.78, 5) is 19.1. The first kappa shape index (κ1) is 14.5. The standard InChI is InChI=1S/C13H21N5O2/c1-8-4-6-10(7-5-8)16-12-11(18(19)20)9(2)15-13(14-3)17-12/h8,10H,4-7H2,1-3H3,(H2,14,15,16,17). The lowest BCUT2D eigenvalue weighted by molar-refractivity contribution is -0.385. The maximum atomic E-state index is 11.2. The van der Waals surface area contributed by atoms with Gasteiger partial charge >= 0.3 is 5.69 Å². The lowest BCUT2D eigenvalue weighted by atomic mass is 9.87. The van der Waals surface area contributed by atoms with E-state index in [1.54, 1.807) is 14.0 Å². The topological polar surface area (TPSA) is 93.0 Å². The first-order valence-corrected chi connectivity index (χ1v) is 6.98. The van der Waals surface area contributed by atoms with E-state index in [1.807, 2.05) is 0 Å². The van der Waals surface area contributed by atoms with E-state index in [1.165, 1.54) is 0 Å². The third-order valence-electron chi connectivity index (χ3n) is 3.82. The lowest BCUT2D eigenvalue weighted by Crippen LogP contribution is -2.26. The molecule has 0 saturated heterocycles. The Morgan fingerprint density at radius 3 is 2.45 bits per heavy atom. The van der Waals surface area contributed by atoms with Gasteiger partial charge in [-0.1, -0.05) is 6.92 Å². The number of hydrogen-bond donors (Lipinski definition) is 2. The summed E-state index contributed by atoms with van der Waals surface area (Å²) in [7, 11) is 1.70. The average Bonchev–Trinajstić information content (AvgIpc) is 2.40. The number of nitrogens with one attached hydrogen (secondary N) is 2. The fourth-order valence-corrected chi connectivity index (χ4v) is 2.60. The molecular weight excluding hydrogens is 258 g/mol. The summed E-state index contributed by atoms with van der Waals surface area (Å²) in [5.41, 5.74) is 0.351. The van der Waals surface area contributed by atoms with Gasteiger partial charge in [0.2, 0.25) is 11.8 Å². The highest BCUT2D eigenvalue weighted by Crippen LogP contribution is 2.31. The SMILES string of the molecule is CNc1nc(C)c([N+](=O)[O-])c(NC2CCC(C)CC2)n1. The minimum atomic E-state index is -0.414. The minimum absolute atomic E-state index is 0.0254. The van der Waals surface area contributed by atoms with E-state index >= 15 is 0 Å². The first-order chi connectivity index (χ1) is 9.51. The van der Waals surface area contributed by atoms with Crippen molar-refractivity contribution in [2.45, 2.75) is 45.6 Å². The van der Waals surface area contributed by atoms with E-state index in [9.17, 15) is 10.1 Å². The third kappa shape index (κ3) is 3.15. The van der Waals surface area contributed by atoms with Crippen LogP contribution in [0.25, 0.3) is 0 Å². The number of rotatable bonds is 4. The predicted molar refractivity (Wildman–Crippen MR) is 78.0 cm³/mol. The van der Waals surface area contributed by atoms with Crippen molar-refractivity contribution in [1.82, 2.24) is 9.97 Å². The first-order valence-electron chi connectivity index (χ1n) is 6.98. The Bertz CT molecular complexity index is 498. The van der Waals surface area contributed by atoms with Gasteiger partial charge in [-0.15, -0.1) is 0 Å². The number of nitrogens with zero attached hydrogens (tertiary/aromatic N) is 3. The van der Waals surface area contributed by atoms with Crippen molar-refractivity contribution in [2.24, 2.45) is 5.92 Å². The molecule has 0 bridgehead atoms. The van der Waals surface area contributed by atoms with E-state index in [2.05, 4.69) is 27.5 Å². The van der Waals surface area contributed by atoms with E-state index in [4.69, 9.17) is 0 Å². The summed E-state index contributed by atoms with van der Waals surface area (Å²) in [6.45, 7) is 3.88.